The van der Waals surface area contributed by atoms with Crippen LogP contribution < -0.4 is 4.74 Å². The highest BCUT2D eigenvalue weighted by molar-refractivity contribution is 7.96. The number of methoxy groups -OCH3 is 2. The normalized spacial score (nSPS) is 10.5. The summed E-state index contributed by atoms with van der Waals surface area (Å²) in [6.45, 7) is 3.69. The molecule has 0 unspecified atom stereocenters. The van der Waals surface area contributed by atoms with E-state index in [1.54, 1.807) is 19.1 Å². The smallest absolute Gasteiger partial charge is 0.306 e. The number of esters is 1. The lowest BCUT2D eigenvalue weighted by Crippen LogP contribution is -2.20. The van der Waals surface area contributed by atoms with Crippen molar-refractivity contribution in [2.45, 2.75) is 19.1 Å². The number of hydrogen-bond acceptors (Lipinski definition) is 5. The Morgan fingerprint density at radius 1 is 1.26 bits per heavy atom. The van der Waals surface area contributed by atoms with E-state index < -0.39 is 0 Å². The average molecular weight is 283 g/mol. The van der Waals surface area contributed by atoms with E-state index in [-0.39, 0.29) is 5.97 Å². The Kier molecular flexibility index (Phi) is 7.36. The van der Waals surface area contributed by atoms with Crippen LogP contribution in [0.5, 0.6) is 5.75 Å². The molecule has 19 heavy (non-hydrogen) atoms. The summed E-state index contributed by atoms with van der Waals surface area (Å²) in [4.78, 5) is 11.1. The van der Waals surface area contributed by atoms with E-state index in [4.69, 9.17) is 4.74 Å². The molecule has 0 saturated carbocycles. The molecular weight excluding hydrogens is 262 g/mol. The predicted molar refractivity (Wildman–Crippen MR) is 78.2 cm³/mol. The summed E-state index contributed by atoms with van der Waals surface area (Å²) in [7, 11) is 3.08. The van der Waals surface area contributed by atoms with Gasteiger partial charge in [-0.05, 0) is 17.7 Å². The summed E-state index contributed by atoms with van der Waals surface area (Å²) in [6, 6.07) is 8.03. The van der Waals surface area contributed by atoms with Crippen molar-refractivity contribution in [2.24, 2.45) is 0 Å². The van der Waals surface area contributed by atoms with Gasteiger partial charge in [0.2, 0.25) is 0 Å². The Bertz CT molecular complexity index is 381. The lowest BCUT2D eigenvalue weighted by molar-refractivity contribution is -0.140. The molecule has 0 saturated heterocycles. The molecule has 1 aromatic carbocycles. The Hall–Kier alpha value is -1.20. The van der Waals surface area contributed by atoms with Gasteiger partial charge < -0.3 is 9.47 Å². The maximum Gasteiger partial charge on any atom is 0.306 e. The quantitative estimate of drug-likeness (QED) is 0.542. The van der Waals surface area contributed by atoms with Gasteiger partial charge in [-0.2, -0.15) is 0 Å². The molecule has 4 nitrogen and oxygen atoms in total. The van der Waals surface area contributed by atoms with Gasteiger partial charge in [0.1, 0.15) is 5.75 Å². The van der Waals surface area contributed by atoms with Gasteiger partial charge in [-0.3, -0.25) is 9.10 Å². The highest BCUT2D eigenvalue weighted by Gasteiger charge is 2.07. The average Bonchev–Trinajstić information content (AvgIpc) is 2.47. The minimum Gasteiger partial charge on any atom is -0.497 e. The van der Waals surface area contributed by atoms with Crippen LogP contribution >= 0.6 is 11.9 Å². The molecule has 0 spiro atoms. The molecule has 0 N–H and O–H groups in total. The van der Waals surface area contributed by atoms with Crippen molar-refractivity contribution in [3.05, 3.63) is 29.8 Å². The number of hydrogen-bond donors (Lipinski definition) is 0. The Morgan fingerprint density at radius 2 is 1.95 bits per heavy atom. The molecule has 0 aliphatic heterocycles. The van der Waals surface area contributed by atoms with E-state index >= 15 is 0 Å². The first kappa shape index (κ1) is 15.9. The number of carbonyl (C=O) groups excluding carboxylic acids is 1. The molecule has 1 aromatic rings. The summed E-state index contributed by atoms with van der Waals surface area (Å²) >= 11 is 1.73. The van der Waals surface area contributed by atoms with Crippen LogP contribution in [0.25, 0.3) is 0 Å². The zero-order chi connectivity index (χ0) is 14.1. The summed E-state index contributed by atoms with van der Waals surface area (Å²) in [5.41, 5.74) is 1.24. The standard InChI is InChI=1S/C14H21NO3S/c1-4-15(10-9-14(16)18-3)19-11-12-5-7-13(17-2)8-6-12/h5-8H,4,9-11H2,1-3H3. The fourth-order valence-electron chi connectivity index (χ4n) is 1.52. The molecule has 1 rings (SSSR count). The highest BCUT2D eigenvalue weighted by Crippen LogP contribution is 2.19. The van der Waals surface area contributed by atoms with Crippen LogP contribution in [0, 0.1) is 0 Å². The van der Waals surface area contributed by atoms with Crippen molar-refractivity contribution in [2.75, 3.05) is 27.3 Å². The number of nitrogens with zero attached hydrogens (tertiary/aromatic N) is 1. The maximum atomic E-state index is 11.1. The fourth-order valence-corrected chi connectivity index (χ4v) is 2.45. The van der Waals surface area contributed by atoms with Crippen LogP contribution in [0.4, 0.5) is 0 Å². The number of ether oxygens (including phenoxy) is 2. The zero-order valence-corrected chi connectivity index (χ0v) is 12.5. The molecule has 106 valence electrons. The summed E-state index contributed by atoms with van der Waals surface area (Å²) in [5, 5.41) is 0. The van der Waals surface area contributed by atoms with Crippen LogP contribution in [0.1, 0.15) is 18.9 Å². The lowest BCUT2D eigenvalue weighted by Gasteiger charge is -2.18. The van der Waals surface area contributed by atoms with Crippen molar-refractivity contribution >= 4 is 17.9 Å². The van der Waals surface area contributed by atoms with E-state index in [1.165, 1.54) is 12.7 Å². The van der Waals surface area contributed by atoms with Gasteiger partial charge in [0.15, 0.2) is 0 Å². The van der Waals surface area contributed by atoms with Crippen molar-refractivity contribution in [3.63, 3.8) is 0 Å². The van der Waals surface area contributed by atoms with Gasteiger partial charge in [0, 0.05) is 18.8 Å². The predicted octanol–water partition coefficient (Wildman–Crippen LogP) is 2.73. The molecule has 0 amide bonds. The third-order valence-electron chi connectivity index (χ3n) is 2.72. The van der Waals surface area contributed by atoms with Crippen molar-refractivity contribution < 1.29 is 14.3 Å². The molecule has 0 aliphatic rings. The highest BCUT2D eigenvalue weighted by atomic mass is 32.2. The first-order chi connectivity index (χ1) is 9.19. The van der Waals surface area contributed by atoms with Crippen molar-refractivity contribution in [3.8, 4) is 5.75 Å². The summed E-state index contributed by atoms with van der Waals surface area (Å²) in [5.74, 6) is 1.59. The SMILES string of the molecule is CCN(CCC(=O)OC)SCc1ccc(OC)cc1. The molecule has 0 aromatic heterocycles. The second-order valence-electron chi connectivity index (χ2n) is 3.97. The van der Waals surface area contributed by atoms with Gasteiger partial charge in [-0.25, -0.2) is 0 Å². The largest absolute Gasteiger partial charge is 0.497 e. The minimum atomic E-state index is -0.163. The molecule has 0 aliphatic carbocycles. The molecule has 0 radical (unpaired) electrons. The molecule has 0 heterocycles. The lowest BCUT2D eigenvalue weighted by atomic mass is 10.2. The van der Waals surface area contributed by atoms with Crippen molar-refractivity contribution in [1.29, 1.82) is 0 Å². The number of rotatable bonds is 8. The second kappa shape index (κ2) is 8.82. The molecule has 0 fully saturated rings. The molecular formula is C14H21NO3S. The van der Waals surface area contributed by atoms with Gasteiger partial charge in [-0.15, -0.1) is 0 Å². The van der Waals surface area contributed by atoms with Crippen LogP contribution in [0.15, 0.2) is 24.3 Å². The number of carbonyl (C=O) groups is 1. The number of benzene rings is 1. The van der Waals surface area contributed by atoms with Crippen LogP contribution in [-0.4, -0.2) is 37.6 Å². The topological polar surface area (TPSA) is 38.8 Å². The third kappa shape index (κ3) is 5.98. The van der Waals surface area contributed by atoms with Crippen molar-refractivity contribution in [1.82, 2.24) is 4.31 Å². The molecule has 5 heteroatoms. The molecule has 0 atom stereocenters. The second-order valence-corrected chi connectivity index (χ2v) is 5.03. The van der Waals surface area contributed by atoms with Gasteiger partial charge in [-0.1, -0.05) is 31.0 Å². The molecule has 0 bridgehead atoms. The minimum absolute atomic E-state index is 0.163. The van der Waals surface area contributed by atoms with Crippen LogP contribution in [0.3, 0.4) is 0 Å². The van der Waals surface area contributed by atoms with Gasteiger partial charge in [0.05, 0.1) is 20.6 Å². The monoisotopic (exact) mass is 283 g/mol. The van der Waals surface area contributed by atoms with E-state index in [0.29, 0.717) is 13.0 Å². The van der Waals surface area contributed by atoms with Crippen LogP contribution in [-0.2, 0) is 15.3 Å². The summed E-state index contributed by atoms with van der Waals surface area (Å²) in [6.07, 6.45) is 0.431. The van der Waals surface area contributed by atoms with E-state index in [1.807, 2.05) is 12.1 Å². The van der Waals surface area contributed by atoms with E-state index in [9.17, 15) is 4.79 Å². The first-order valence-electron chi connectivity index (χ1n) is 6.27. The van der Waals surface area contributed by atoms with E-state index in [2.05, 4.69) is 28.1 Å². The Labute approximate surface area is 119 Å². The summed E-state index contributed by atoms with van der Waals surface area (Å²) < 4.78 is 11.9. The Morgan fingerprint density at radius 3 is 2.47 bits per heavy atom. The van der Waals surface area contributed by atoms with Gasteiger partial charge >= 0.3 is 5.97 Å². The maximum absolute atomic E-state index is 11.1. The van der Waals surface area contributed by atoms with Crippen LogP contribution in [0.2, 0.25) is 0 Å². The first-order valence-corrected chi connectivity index (χ1v) is 7.21. The zero-order valence-electron chi connectivity index (χ0n) is 11.7. The Balaban J connectivity index is 2.37. The van der Waals surface area contributed by atoms with Gasteiger partial charge in [0.25, 0.3) is 0 Å². The fraction of sp³-hybridized carbons (Fsp3) is 0.500. The van der Waals surface area contributed by atoms with E-state index in [0.717, 1.165) is 18.0 Å². The third-order valence-corrected chi connectivity index (χ3v) is 3.99.